The summed E-state index contributed by atoms with van der Waals surface area (Å²) < 4.78 is 21.0. The number of halogens is 1. The summed E-state index contributed by atoms with van der Waals surface area (Å²) in [6, 6.07) is 3.87. The van der Waals surface area contributed by atoms with Gasteiger partial charge in [-0.2, -0.15) is 0 Å². The van der Waals surface area contributed by atoms with Crippen LogP contribution in [0.3, 0.4) is 0 Å². The number of pyridine rings is 1. The predicted octanol–water partition coefficient (Wildman–Crippen LogP) is 3.49. The first-order chi connectivity index (χ1) is 19.2. The molecular weight excluding hydrogens is 517 g/mol. The van der Waals surface area contributed by atoms with E-state index in [-0.39, 0.29) is 35.7 Å². The second kappa shape index (κ2) is 12.0. The van der Waals surface area contributed by atoms with Gasteiger partial charge < -0.3 is 30.9 Å². The van der Waals surface area contributed by atoms with Gasteiger partial charge in [0, 0.05) is 36.9 Å². The molecule has 2 aliphatic rings. The quantitative estimate of drug-likeness (QED) is 0.297. The van der Waals surface area contributed by atoms with Gasteiger partial charge in [0.05, 0.1) is 23.8 Å². The summed E-state index contributed by atoms with van der Waals surface area (Å²) in [6.07, 6.45) is 8.74. The fourth-order valence-electron chi connectivity index (χ4n) is 4.94. The predicted molar refractivity (Wildman–Crippen MR) is 149 cm³/mol. The van der Waals surface area contributed by atoms with Gasteiger partial charge in [-0.25, -0.2) is 18.7 Å². The molecule has 13 heteroatoms. The molecule has 0 aliphatic heterocycles. The maximum absolute atomic E-state index is 14.1. The van der Waals surface area contributed by atoms with Crippen molar-refractivity contribution in [2.24, 2.45) is 0 Å². The molecule has 3 heterocycles. The lowest BCUT2D eigenvalue weighted by Crippen LogP contribution is -2.42. The summed E-state index contributed by atoms with van der Waals surface area (Å²) in [6.45, 7) is 2.54. The van der Waals surface area contributed by atoms with Crippen molar-refractivity contribution < 1.29 is 18.7 Å². The van der Waals surface area contributed by atoms with Crippen molar-refractivity contribution >= 4 is 34.8 Å². The van der Waals surface area contributed by atoms with Crippen molar-refractivity contribution in [2.75, 3.05) is 36.6 Å². The summed E-state index contributed by atoms with van der Waals surface area (Å²) in [5.74, 6) is -0.554. The number of rotatable bonds is 10. The molecule has 2 amide bonds. The third kappa shape index (κ3) is 6.95. The summed E-state index contributed by atoms with van der Waals surface area (Å²) >= 11 is 0. The lowest BCUT2D eigenvalue weighted by atomic mass is 9.91. The van der Waals surface area contributed by atoms with Gasteiger partial charge in [0.1, 0.15) is 11.9 Å². The number of ether oxygens (including phenoxy) is 1. The topological polar surface area (TPSA) is 138 Å². The Bertz CT molecular complexity index is 1350. The molecular formula is C27H36FN9O3. The van der Waals surface area contributed by atoms with Gasteiger partial charge >= 0.3 is 6.09 Å². The summed E-state index contributed by atoms with van der Waals surface area (Å²) in [4.78, 5) is 35.4. The third-order valence-electron chi connectivity index (χ3n) is 6.99. The lowest BCUT2D eigenvalue weighted by Gasteiger charge is -2.30. The highest BCUT2D eigenvalue weighted by atomic mass is 19.1. The van der Waals surface area contributed by atoms with Gasteiger partial charge in [-0.05, 0) is 65.6 Å². The van der Waals surface area contributed by atoms with Gasteiger partial charge in [-0.3, -0.25) is 9.78 Å². The first-order valence-corrected chi connectivity index (χ1v) is 13.7. The molecule has 0 bridgehead atoms. The molecule has 5 rings (SSSR count). The van der Waals surface area contributed by atoms with Crippen molar-refractivity contribution in [2.45, 2.75) is 69.7 Å². The lowest BCUT2D eigenvalue weighted by molar-refractivity contribution is 0.0864. The van der Waals surface area contributed by atoms with E-state index in [0.29, 0.717) is 24.1 Å². The van der Waals surface area contributed by atoms with E-state index >= 15 is 0 Å². The number of anilines is 3. The Labute approximate surface area is 232 Å². The van der Waals surface area contributed by atoms with E-state index in [1.807, 2.05) is 32.0 Å². The van der Waals surface area contributed by atoms with Crippen molar-refractivity contribution in [3.63, 3.8) is 0 Å². The Morgan fingerprint density at radius 1 is 1.07 bits per heavy atom. The SMILES string of the molecule is CC(CN(C)C)OC(=O)NC1CCC(Nc2cc(NC3CC3)c3ncc(C(=O)Nc4ccncc4F)n3n2)CC1. The summed E-state index contributed by atoms with van der Waals surface area (Å²) in [5.41, 5.74) is 1.51. The van der Waals surface area contributed by atoms with Crippen LogP contribution in [0, 0.1) is 5.82 Å². The molecule has 2 aliphatic carbocycles. The molecule has 3 aromatic rings. The standard InChI is InChI=1S/C27H36FN9O3/c1-16(15-36(2)3)40-27(39)33-19-8-6-18(7-9-19)32-24-12-22(31-17-4-5-17)25-30-14-23(37(25)35-24)26(38)34-21-10-11-29-13-20(21)28/h10-14,16-19,31H,4-9,15H2,1-3H3,(H,32,35)(H,33,39)(H,29,34,38). The van der Waals surface area contributed by atoms with E-state index in [0.717, 1.165) is 50.4 Å². The fourth-order valence-corrected chi connectivity index (χ4v) is 4.94. The molecule has 0 radical (unpaired) electrons. The maximum atomic E-state index is 14.1. The number of fused-ring (bicyclic) bond motifs is 1. The van der Waals surface area contributed by atoms with Gasteiger partial charge in [0.25, 0.3) is 5.91 Å². The van der Waals surface area contributed by atoms with Gasteiger partial charge in [-0.1, -0.05) is 0 Å². The molecule has 0 spiro atoms. The average Bonchev–Trinajstić information content (AvgIpc) is 3.61. The molecule has 3 aromatic heterocycles. The number of nitrogens with zero attached hydrogens (tertiary/aromatic N) is 5. The van der Waals surface area contributed by atoms with E-state index < -0.39 is 11.7 Å². The zero-order chi connectivity index (χ0) is 28.2. The number of alkyl carbamates (subject to hydrolysis) is 1. The number of hydrogen-bond donors (Lipinski definition) is 4. The number of hydrogen-bond acceptors (Lipinski definition) is 9. The van der Waals surface area contributed by atoms with E-state index in [9.17, 15) is 14.0 Å². The molecule has 0 aromatic carbocycles. The zero-order valence-electron chi connectivity index (χ0n) is 23.0. The Hall–Kier alpha value is -4.00. The average molecular weight is 554 g/mol. The summed E-state index contributed by atoms with van der Waals surface area (Å²) in [7, 11) is 3.88. The van der Waals surface area contributed by atoms with Crippen molar-refractivity contribution in [3.8, 4) is 0 Å². The highest BCUT2D eigenvalue weighted by Gasteiger charge is 2.27. The minimum atomic E-state index is -0.627. The van der Waals surface area contributed by atoms with Crippen LogP contribution < -0.4 is 21.3 Å². The molecule has 1 unspecified atom stereocenters. The normalized spacial score (nSPS) is 19.7. The fraction of sp³-hybridized carbons (Fsp3) is 0.519. The number of likely N-dealkylation sites (N-methyl/N-ethyl adjacent to an activating group) is 1. The van der Waals surface area contributed by atoms with E-state index in [4.69, 9.17) is 4.74 Å². The molecule has 12 nitrogen and oxygen atoms in total. The molecule has 1 atom stereocenters. The first-order valence-electron chi connectivity index (χ1n) is 13.7. The number of carbonyl (C=O) groups excluding carboxylic acids is 2. The summed E-state index contributed by atoms with van der Waals surface area (Å²) in [5, 5.41) is 17.2. The van der Waals surface area contributed by atoms with Crippen LogP contribution in [0.4, 0.5) is 26.4 Å². The monoisotopic (exact) mass is 553 g/mol. The van der Waals surface area contributed by atoms with Gasteiger partial charge in [0.15, 0.2) is 17.2 Å². The zero-order valence-corrected chi connectivity index (χ0v) is 23.0. The van der Waals surface area contributed by atoms with Crippen LogP contribution in [0.2, 0.25) is 0 Å². The second-order valence-corrected chi connectivity index (χ2v) is 10.9. The first kappa shape index (κ1) is 27.6. The second-order valence-electron chi connectivity index (χ2n) is 10.9. The largest absolute Gasteiger partial charge is 0.445 e. The number of imidazole rings is 1. The molecule has 214 valence electrons. The number of nitrogens with one attached hydrogen (secondary N) is 4. The number of carbonyl (C=O) groups is 2. The highest BCUT2D eigenvalue weighted by molar-refractivity contribution is 6.03. The molecule has 2 saturated carbocycles. The molecule has 0 saturated heterocycles. The third-order valence-corrected chi connectivity index (χ3v) is 6.99. The number of amides is 2. The van der Waals surface area contributed by atoms with Crippen molar-refractivity contribution in [1.82, 2.24) is 29.8 Å². The van der Waals surface area contributed by atoms with Gasteiger partial charge in [0.2, 0.25) is 0 Å². The van der Waals surface area contributed by atoms with Crippen LogP contribution >= 0.6 is 0 Å². The Balaban J connectivity index is 1.25. The minimum absolute atomic E-state index is 0.0296. The molecule has 40 heavy (non-hydrogen) atoms. The maximum Gasteiger partial charge on any atom is 0.407 e. The Morgan fingerprint density at radius 2 is 1.77 bits per heavy atom. The van der Waals surface area contributed by atoms with Crippen LogP contribution in [0.5, 0.6) is 0 Å². The minimum Gasteiger partial charge on any atom is -0.445 e. The molecule has 4 N–H and O–H groups in total. The van der Waals surface area contributed by atoms with Crippen LogP contribution in [0.15, 0.2) is 30.7 Å². The van der Waals surface area contributed by atoms with E-state index in [1.165, 1.54) is 23.0 Å². The van der Waals surface area contributed by atoms with Crippen LogP contribution in [-0.2, 0) is 4.74 Å². The van der Waals surface area contributed by atoms with Crippen LogP contribution in [0.25, 0.3) is 5.65 Å². The Morgan fingerprint density at radius 3 is 2.48 bits per heavy atom. The van der Waals surface area contributed by atoms with Crippen molar-refractivity contribution in [3.05, 3.63) is 42.2 Å². The van der Waals surface area contributed by atoms with Crippen LogP contribution in [-0.4, -0.2) is 81.4 Å². The van der Waals surface area contributed by atoms with Crippen molar-refractivity contribution in [1.29, 1.82) is 0 Å². The highest BCUT2D eigenvalue weighted by Crippen LogP contribution is 2.30. The number of aromatic nitrogens is 4. The Kier molecular flexibility index (Phi) is 8.29. The van der Waals surface area contributed by atoms with E-state index in [2.05, 4.69) is 36.3 Å². The smallest absolute Gasteiger partial charge is 0.407 e. The van der Waals surface area contributed by atoms with Crippen LogP contribution in [0.1, 0.15) is 55.9 Å². The van der Waals surface area contributed by atoms with Gasteiger partial charge in [-0.15, -0.1) is 5.10 Å². The molecule has 2 fully saturated rings. The van der Waals surface area contributed by atoms with E-state index in [1.54, 1.807) is 0 Å².